The van der Waals surface area contributed by atoms with E-state index in [1.165, 1.54) is 23.1 Å². The van der Waals surface area contributed by atoms with Crippen LogP contribution in [-0.4, -0.2) is 38.7 Å². The molecule has 1 aromatic heterocycles. The Balaban J connectivity index is 1.39. The topological polar surface area (TPSA) is 83.9 Å². The molecular formula is C22H20N4O3S2. The molecule has 1 aliphatic heterocycles. The number of aliphatic imine (C=N–C) groups is 1. The van der Waals surface area contributed by atoms with Crippen LogP contribution in [0.2, 0.25) is 0 Å². The van der Waals surface area contributed by atoms with Gasteiger partial charge >= 0.3 is 0 Å². The molecule has 1 atom stereocenters. The number of thiazole rings is 1. The third-order valence-electron chi connectivity index (χ3n) is 4.41. The minimum atomic E-state index is -0.512. The number of amides is 2. The van der Waals surface area contributed by atoms with Gasteiger partial charge in [-0.3, -0.25) is 14.5 Å². The van der Waals surface area contributed by atoms with E-state index < -0.39 is 5.25 Å². The number of nitrogens with zero attached hydrogens (tertiary/aromatic N) is 3. The number of aromatic nitrogens is 1. The van der Waals surface area contributed by atoms with Crippen molar-refractivity contribution in [1.29, 1.82) is 0 Å². The largest absolute Gasteiger partial charge is 0.457 e. The van der Waals surface area contributed by atoms with Gasteiger partial charge in [-0.25, -0.2) is 4.98 Å². The van der Waals surface area contributed by atoms with Gasteiger partial charge in [-0.05, 0) is 31.2 Å². The van der Waals surface area contributed by atoms with Crippen LogP contribution in [0.15, 0.2) is 71.2 Å². The fourth-order valence-corrected chi connectivity index (χ4v) is 4.78. The van der Waals surface area contributed by atoms with E-state index in [1.54, 1.807) is 29.3 Å². The summed E-state index contributed by atoms with van der Waals surface area (Å²) in [6, 6.07) is 16.6. The highest BCUT2D eigenvalue weighted by molar-refractivity contribution is 8.15. The number of carbonyl (C=O) groups excluding carboxylic acids is 2. The molecule has 2 heterocycles. The molecule has 1 N–H and O–H groups in total. The van der Waals surface area contributed by atoms with Crippen molar-refractivity contribution in [2.75, 3.05) is 11.9 Å². The average molecular weight is 453 g/mol. The third-order valence-corrected chi connectivity index (χ3v) is 6.25. The van der Waals surface area contributed by atoms with Gasteiger partial charge in [0.25, 0.3) is 0 Å². The molecule has 9 heteroatoms. The summed E-state index contributed by atoms with van der Waals surface area (Å²) in [4.78, 5) is 35.5. The van der Waals surface area contributed by atoms with Crippen LogP contribution in [0.1, 0.15) is 13.3 Å². The van der Waals surface area contributed by atoms with Crippen LogP contribution < -0.4 is 10.1 Å². The molecule has 0 radical (unpaired) electrons. The lowest BCUT2D eigenvalue weighted by Crippen LogP contribution is -2.33. The number of rotatable bonds is 7. The number of carbonyl (C=O) groups is 2. The predicted molar refractivity (Wildman–Crippen MR) is 124 cm³/mol. The van der Waals surface area contributed by atoms with Crippen molar-refractivity contribution in [3.05, 3.63) is 66.2 Å². The highest BCUT2D eigenvalue weighted by Gasteiger charge is 2.38. The number of para-hydroxylation sites is 1. The maximum atomic E-state index is 12.7. The summed E-state index contributed by atoms with van der Waals surface area (Å²) >= 11 is 2.70. The van der Waals surface area contributed by atoms with E-state index in [1.807, 2.05) is 48.7 Å². The SMILES string of the molecule is CCN1C(=O)C(CC(=O)Nc2cccc(Oc3ccccc3)c2)S/C1=N/c1nccs1. The number of ether oxygens (including phenoxy) is 1. The smallest absolute Gasteiger partial charge is 0.242 e. The minimum absolute atomic E-state index is 0.0562. The molecule has 1 aliphatic rings. The number of thioether (sulfide) groups is 1. The third kappa shape index (κ3) is 5.31. The quantitative estimate of drug-likeness (QED) is 0.550. The van der Waals surface area contributed by atoms with E-state index in [9.17, 15) is 9.59 Å². The van der Waals surface area contributed by atoms with Gasteiger partial charge in [0.2, 0.25) is 16.9 Å². The molecule has 1 saturated heterocycles. The standard InChI is InChI=1S/C22H20N4O3S2/c1-2-26-20(28)18(31-22(26)25-21-23-11-12-30-21)14-19(27)24-15-7-6-10-17(13-15)29-16-8-4-3-5-9-16/h3-13,18H,2,14H2,1H3,(H,24,27)/b25-22+. The van der Waals surface area contributed by atoms with E-state index >= 15 is 0 Å². The number of amidine groups is 1. The Hall–Kier alpha value is -3.17. The molecule has 0 bridgehead atoms. The number of nitrogens with one attached hydrogen (secondary N) is 1. The van der Waals surface area contributed by atoms with E-state index in [0.29, 0.717) is 34.0 Å². The molecule has 0 saturated carbocycles. The highest BCUT2D eigenvalue weighted by atomic mass is 32.2. The monoisotopic (exact) mass is 452 g/mol. The zero-order valence-electron chi connectivity index (χ0n) is 16.7. The summed E-state index contributed by atoms with van der Waals surface area (Å²) in [5.41, 5.74) is 0.609. The Morgan fingerprint density at radius 3 is 2.74 bits per heavy atom. The van der Waals surface area contributed by atoms with Crippen LogP contribution in [0.4, 0.5) is 10.8 Å². The minimum Gasteiger partial charge on any atom is -0.457 e. The molecule has 158 valence electrons. The number of anilines is 1. The average Bonchev–Trinajstić information content (AvgIpc) is 3.37. The normalized spacial score (nSPS) is 17.2. The summed E-state index contributed by atoms with van der Waals surface area (Å²) in [5.74, 6) is 0.976. The highest BCUT2D eigenvalue weighted by Crippen LogP contribution is 2.32. The molecule has 3 aromatic rings. The second-order valence-electron chi connectivity index (χ2n) is 6.59. The molecule has 31 heavy (non-hydrogen) atoms. The number of hydrogen-bond acceptors (Lipinski definition) is 7. The van der Waals surface area contributed by atoms with Gasteiger partial charge in [-0.15, -0.1) is 11.3 Å². The Morgan fingerprint density at radius 1 is 1.19 bits per heavy atom. The van der Waals surface area contributed by atoms with Crippen molar-refractivity contribution in [3.8, 4) is 11.5 Å². The molecule has 4 rings (SSSR count). The van der Waals surface area contributed by atoms with Gasteiger partial charge in [0.1, 0.15) is 16.7 Å². The molecule has 2 aromatic carbocycles. The van der Waals surface area contributed by atoms with Crippen LogP contribution in [0.3, 0.4) is 0 Å². The fourth-order valence-electron chi connectivity index (χ4n) is 3.01. The van der Waals surface area contributed by atoms with E-state index in [2.05, 4.69) is 15.3 Å². The predicted octanol–water partition coefficient (Wildman–Crippen LogP) is 4.92. The van der Waals surface area contributed by atoms with E-state index in [0.717, 1.165) is 0 Å². The van der Waals surface area contributed by atoms with Gasteiger partial charge in [-0.1, -0.05) is 36.0 Å². The second kappa shape index (κ2) is 9.76. The first-order chi connectivity index (χ1) is 15.1. The van der Waals surface area contributed by atoms with Gasteiger partial charge in [0.05, 0.1) is 0 Å². The molecule has 1 fully saturated rings. The van der Waals surface area contributed by atoms with Crippen molar-refractivity contribution < 1.29 is 14.3 Å². The van der Waals surface area contributed by atoms with Crippen molar-refractivity contribution in [2.45, 2.75) is 18.6 Å². The maximum Gasteiger partial charge on any atom is 0.242 e. The van der Waals surface area contributed by atoms with Crippen LogP contribution in [0.5, 0.6) is 11.5 Å². The van der Waals surface area contributed by atoms with Crippen LogP contribution in [0, 0.1) is 0 Å². The summed E-state index contributed by atoms with van der Waals surface area (Å²) in [7, 11) is 0. The summed E-state index contributed by atoms with van der Waals surface area (Å²) in [5, 5.41) is 5.35. The number of hydrogen-bond donors (Lipinski definition) is 1. The van der Waals surface area contributed by atoms with Gasteiger partial charge in [0, 0.05) is 36.3 Å². The Labute approximate surface area is 188 Å². The fraction of sp³-hybridized carbons (Fsp3) is 0.182. The second-order valence-corrected chi connectivity index (χ2v) is 8.64. The lowest BCUT2D eigenvalue weighted by molar-refractivity contribution is -0.128. The zero-order chi connectivity index (χ0) is 21.6. The first kappa shape index (κ1) is 21.1. The lowest BCUT2D eigenvalue weighted by atomic mass is 10.2. The first-order valence-corrected chi connectivity index (χ1v) is 11.5. The molecule has 2 amide bonds. The first-order valence-electron chi connectivity index (χ1n) is 9.71. The molecular weight excluding hydrogens is 432 g/mol. The van der Waals surface area contributed by atoms with Gasteiger partial charge < -0.3 is 10.1 Å². The summed E-state index contributed by atoms with van der Waals surface area (Å²) in [6.45, 7) is 2.38. The molecule has 1 unspecified atom stereocenters. The van der Waals surface area contributed by atoms with Crippen LogP contribution in [-0.2, 0) is 9.59 Å². The van der Waals surface area contributed by atoms with Crippen molar-refractivity contribution in [1.82, 2.24) is 9.88 Å². The van der Waals surface area contributed by atoms with Crippen LogP contribution in [0.25, 0.3) is 0 Å². The Morgan fingerprint density at radius 2 is 2.00 bits per heavy atom. The van der Waals surface area contributed by atoms with E-state index in [-0.39, 0.29) is 18.2 Å². The van der Waals surface area contributed by atoms with Gasteiger partial charge in [0.15, 0.2) is 5.17 Å². The van der Waals surface area contributed by atoms with Crippen molar-refractivity contribution in [2.24, 2.45) is 4.99 Å². The summed E-state index contributed by atoms with van der Waals surface area (Å²) in [6.07, 6.45) is 1.73. The summed E-state index contributed by atoms with van der Waals surface area (Å²) < 4.78 is 5.81. The zero-order valence-corrected chi connectivity index (χ0v) is 18.4. The Kier molecular flexibility index (Phi) is 6.63. The Bertz CT molecular complexity index is 1090. The van der Waals surface area contributed by atoms with Crippen molar-refractivity contribution >= 4 is 50.9 Å². The van der Waals surface area contributed by atoms with E-state index in [4.69, 9.17) is 4.74 Å². The molecule has 0 spiro atoms. The van der Waals surface area contributed by atoms with Crippen LogP contribution >= 0.6 is 23.1 Å². The number of benzene rings is 2. The molecule has 0 aliphatic carbocycles. The van der Waals surface area contributed by atoms with Crippen molar-refractivity contribution in [3.63, 3.8) is 0 Å². The maximum absolute atomic E-state index is 12.7. The lowest BCUT2D eigenvalue weighted by Gasteiger charge is -2.13. The van der Waals surface area contributed by atoms with Gasteiger partial charge in [-0.2, -0.15) is 4.99 Å². The molecule has 7 nitrogen and oxygen atoms in total.